The second-order valence-electron chi connectivity index (χ2n) is 6.78. The Balaban J connectivity index is 1.39. The van der Waals surface area contributed by atoms with E-state index in [4.69, 9.17) is 4.42 Å². The van der Waals surface area contributed by atoms with E-state index in [-0.39, 0.29) is 0 Å². The predicted molar refractivity (Wildman–Crippen MR) is 97.6 cm³/mol. The maximum Gasteiger partial charge on any atom is 0.416 e. The molecule has 3 aromatic rings. The highest BCUT2D eigenvalue weighted by atomic mass is 19.4. The van der Waals surface area contributed by atoms with Crippen molar-refractivity contribution in [1.82, 2.24) is 9.88 Å². The zero-order valence-electron chi connectivity index (χ0n) is 14.7. The summed E-state index contributed by atoms with van der Waals surface area (Å²) in [6.45, 7) is 3.95. The molecule has 0 bridgehead atoms. The van der Waals surface area contributed by atoms with Gasteiger partial charge in [0, 0.05) is 32.7 Å². The molecule has 4 rings (SSSR count). The number of anilines is 1. The van der Waals surface area contributed by atoms with Gasteiger partial charge in [-0.2, -0.15) is 18.2 Å². The molecule has 0 atom stereocenters. The number of aromatic nitrogens is 1. The first-order valence-electron chi connectivity index (χ1n) is 8.98. The van der Waals surface area contributed by atoms with Gasteiger partial charge in [-0.25, -0.2) is 0 Å². The molecule has 1 fully saturated rings. The predicted octanol–water partition coefficient (Wildman–Crippen LogP) is 4.56. The van der Waals surface area contributed by atoms with Gasteiger partial charge in [0.15, 0.2) is 5.58 Å². The summed E-state index contributed by atoms with van der Waals surface area (Å²) < 4.78 is 43.9. The van der Waals surface area contributed by atoms with Gasteiger partial charge in [-0.3, -0.25) is 4.90 Å². The fourth-order valence-electron chi connectivity index (χ4n) is 3.37. The van der Waals surface area contributed by atoms with Crippen LogP contribution in [0, 0.1) is 0 Å². The Morgan fingerprint density at radius 3 is 2.44 bits per heavy atom. The van der Waals surface area contributed by atoms with Gasteiger partial charge < -0.3 is 9.32 Å². The lowest BCUT2D eigenvalue weighted by molar-refractivity contribution is -0.137. The Hall–Kier alpha value is -2.54. The Labute approximate surface area is 155 Å². The largest absolute Gasteiger partial charge is 0.423 e. The minimum Gasteiger partial charge on any atom is -0.423 e. The molecule has 142 valence electrons. The van der Waals surface area contributed by atoms with Gasteiger partial charge >= 0.3 is 6.18 Å². The topological polar surface area (TPSA) is 32.5 Å². The third-order valence-corrected chi connectivity index (χ3v) is 4.83. The molecule has 0 radical (unpaired) electrons. The van der Waals surface area contributed by atoms with Crippen molar-refractivity contribution in [3.8, 4) is 0 Å². The van der Waals surface area contributed by atoms with Gasteiger partial charge in [-0.1, -0.05) is 24.3 Å². The minimum atomic E-state index is -4.29. The summed E-state index contributed by atoms with van der Waals surface area (Å²) in [7, 11) is 0. The second-order valence-corrected chi connectivity index (χ2v) is 6.78. The molecule has 0 unspecified atom stereocenters. The summed E-state index contributed by atoms with van der Waals surface area (Å²) >= 11 is 0. The number of alkyl halides is 3. The zero-order valence-corrected chi connectivity index (χ0v) is 14.7. The molecule has 1 aliphatic rings. The molecule has 1 aliphatic heterocycles. The highest BCUT2D eigenvalue weighted by Crippen LogP contribution is 2.29. The van der Waals surface area contributed by atoms with E-state index in [1.807, 2.05) is 24.3 Å². The van der Waals surface area contributed by atoms with Crippen LogP contribution in [0.3, 0.4) is 0 Å². The number of para-hydroxylation sites is 2. The Morgan fingerprint density at radius 2 is 1.70 bits per heavy atom. The van der Waals surface area contributed by atoms with Crippen molar-refractivity contribution in [2.45, 2.75) is 19.1 Å². The third kappa shape index (κ3) is 4.08. The van der Waals surface area contributed by atoms with Crippen molar-refractivity contribution < 1.29 is 17.6 Å². The third-order valence-electron chi connectivity index (χ3n) is 4.83. The fraction of sp³-hybridized carbons (Fsp3) is 0.350. The zero-order chi connectivity index (χ0) is 18.9. The van der Waals surface area contributed by atoms with E-state index < -0.39 is 11.7 Å². The van der Waals surface area contributed by atoms with Crippen LogP contribution in [0.5, 0.6) is 0 Å². The first-order valence-corrected chi connectivity index (χ1v) is 8.98. The summed E-state index contributed by atoms with van der Waals surface area (Å²) in [6.07, 6.45) is -3.35. The van der Waals surface area contributed by atoms with Gasteiger partial charge in [0.1, 0.15) is 5.52 Å². The van der Waals surface area contributed by atoms with E-state index in [2.05, 4.69) is 14.8 Å². The normalized spacial score (nSPS) is 16.6. The van der Waals surface area contributed by atoms with E-state index >= 15 is 0 Å². The van der Waals surface area contributed by atoms with Crippen LogP contribution in [-0.2, 0) is 12.7 Å². The lowest BCUT2D eigenvalue weighted by Crippen LogP contribution is -2.30. The fourth-order valence-corrected chi connectivity index (χ4v) is 3.37. The number of hydrogen-bond acceptors (Lipinski definition) is 4. The number of benzene rings is 2. The molecule has 0 amide bonds. The van der Waals surface area contributed by atoms with Crippen LogP contribution >= 0.6 is 0 Å². The quantitative estimate of drug-likeness (QED) is 0.672. The van der Waals surface area contributed by atoms with Crippen molar-refractivity contribution in [2.75, 3.05) is 31.1 Å². The van der Waals surface area contributed by atoms with E-state index in [1.165, 1.54) is 0 Å². The standard InChI is InChI=1S/C20H20F3N3O/c21-20(22,23)16-8-6-15(7-9-16)14-25-10-3-11-26(13-12-25)19-24-17-4-1-2-5-18(17)27-19/h1-2,4-9H,3,10-14H2. The van der Waals surface area contributed by atoms with Crippen molar-refractivity contribution in [3.05, 3.63) is 59.7 Å². The average molecular weight is 375 g/mol. The van der Waals surface area contributed by atoms with Crippen LogP contribution in [0.25, 0.3) is 11.1 Å². The minimum absolute atomic E-state index is 0.607. The lowest BCUT2D eigenvalue weighted by Gasteiger charge is -2.21. The maximum atomic E-state index is 12.7. The lowest BCUT2D eigenvalue weighted by atomic mass is 10.1. The number of oxazole rings is 1. The smallest absolute Gasteiger partial charge is 0.416 e. The molecule has 1 saturated heterocycles. The van der Waals surface area contributed by atoms with Gasteiger partial charge in [0.2, 0.25) is 0 Å². The Kier molecular flexibility index (Phi) is 4.78. The molecular weight excluding hydrogens is 355 g/mol. The highest BCUT2D eigenvalue weighted by Gasteiger charge is 2.30. The van der Waals surface area contributed by atoms with E-state index in [1.54, 1.807) is 12.1 Å². The maximum absolute atomic E-state index is 12.7. The average Bonchev–Trinajstić information content (AvgIpc) is 2.94. The molecule has 0 saturated carbocycles. The first-order chi connectivity index (χ1) is 13.0. The molecular formula is C20H20F3N3O. The van der Waals surface area contributed by atoms with Crippen molar-refractivity contribution in [2.24, 2.45) is 0 Å². The summed E-state index contributed by atoms with van der Waals surface area (Å²) in [5.41, 5.74) is 1.90. The van der Waals surface area contributed by atoms with Gasteiger partial charge in [-0.05, 0) is 36.2 Å². The number of hydrogen-bond donors (Lipinski definition) is 0. The van der Waals surface area contributed by atoms with Crippen LogP contribution < -0.4 is 4.90 Å². The van der Waals surface area contributed by atoms with Crippen LogP contribution in [0.2, 0.25) is 0 Å². The van der Waals surface area contributed by atoms with Crippen molar-refractivity contribution in [3.63, 3.8) is 0 Å². The molecule has 0 aliphatic carbocycles. The summed E-state index contributed by atoms with van der Waals surface area (Å²) in [5.74, 6) is 0. The molecule has 2 heterocycles. The van der Waals surface area contributed by atoms with Crippen LogP contribution in [0.4, 0.5) is 19.2 Å². The summed E-state index contributed by atoms with van der Waals surface area (Å²) in [6, 6.07) is 13.7. The van der Waals surface area contributed by atoms with Crippen molar-refractivity contribution >= 4 is 17.1 Å². The summed E-state index contributed by atoms with van der Waals surface area (Å²) in [5, 5.41) is 0. The molecule has 2 aromatic carbocycles. The van der Waals surface area contributed by atoms with Gasteiger partial charge in [-0.15, -0.1) is 0 Å². The van der Waals surface area contributed by atoms with Crippen LogP contribution in [0.15, 0.2) is 52.9 Å². The first kappa shape index (κ1) is 17.9. The SMILES string of the molecule is FC(F)(F)c1ccc(CN2CCCN(c3nc4ccccc4o3)CC2)cc1. The molecule has 7 heteroatoms. The van der Waals surface area contributed by atoms with E-state index in [0.29, 0.717) is 12.6 Å². The Bertz CT molecular complexity index is 872. The van der Waals surface area contributed by atoms with Gasteiger partial charge in [0.25, 0.3) is 6.01 Å². The molecule has 4 nitrogen and oxygen atoms in total. The van der Waals surface area contributed by atoms with Gasteiger partial charge in [0.05, 0.1) is 5.56 Å². The van der Waals surface area contributed by atoms with Crippen molar-refractivity contribution in [1.29, 1.82) is 0 Å². The number of fused-ring (bicyclic) bond motifs is 1. The molecule has 27 heavy (non-hydrogen) atoms. The summed E-state index contributed by atoms with van der Waals surface area (Å²) in [4.78, 5) is 8.94. The molecule has 0 spiro atoms. The monoisotopic (exact) mass is 375 g/mol. The number of rotatable bonds is 3. The number of nitrogens with zero attached hydrogens (tertiary/aromatic N) is 3. The van der Waals surface area contributed by atoms with E-state index in [0.717, 1.165) is 61.4 Å². The van der Waals surface area contributed by atoms with Crippen LogP contribution in [0.1, 0.15) is 17.5 Å². The second kappa shape index (κ2) is 7.23. The van der Waals surface area contributed by atoms with E-state index in [9.17, 15) is 13.2 Å². The Morgan fingerprint density at radius 1 is 0.926 bits per heavy atom. The highest BCUT2D eigenvalue weighted by molar-refractivity contribution is 5.74. The molecule has 1 aromatic heterocycles. The molecule has 0 N–H and O–H groups in total. The number of halogens is 3. The van der Waals surface area contributed by atoms with Crippen LogP contribution in [-0.4, -0.2) is 36.1 Å².